The fourth-order valence-corrected chi connectivity index (χ4v) is 4.75. The summed E-state index contributed by atoms with van der Waals surface area (Å²) >= 11 is 0. The highest BCUT2D eigenvalue weighted by Crippen LogP contribution is 2.28. The molecule has 4 bridgehead atoms. The Bertz CT molecular complexity index is 1450. The zero-order valence-electron chi connectivity index (χ0n) is 21.8. The minimum absolute atomic E-state index is 0.142. The molecule has 0 unspecified atom stereocenters. The molecule has 3 amide bonds. The van der Waals surface area contributed by atoms with Crippen LogP contribution in [-0.2, 0) is 27.4 Å². The summed E-state index contributed by atoms with van der Waals surface area (Å²) in [7, 11) is 1.56. The number of aromatic amines is 1. The van der Waals surface area contributed by atoms with E-state index in [2.05, 4.69) is 10.5 Å². The molecular formula is C28H30N4O7. The van der Waals surface area contributed by atoms with E-state index in [9.17, 15) is 19.2 Å². The number of amides is 3. The van der Waals surface area contributed by atoms with Crippen LogP contribution in [0.2, 0.25) is 0 Å². The van der Waals surface area contributed by atoms with Crippen LogP contribution in [0.4, 0.5) is 0 Å². The first-order valence-electron chi connectivity index (χ1n) is 12.7. The maximum absolute atomic E-state index is 13.1. The summed E-state index contributed by atoms with van der Waals surface area (Å²) in [4.78, 5) is 53.2. The number of carbonyl (C=O) groups is 3. The highest BCUT2D eigenvalue weighted by atomic mass is 16.5. The van der Waals surface area contributed by atoms with Crippen molar-refractivity contribution in [3.63, 3.8) is 0 Å². The lowest BCUT2D eigenvalue weighted by Crippen LogP contribution is -2.48. The van der Waals surface area contributed by atoms with Crippen molar-refractivity contribution in [2.75, 3.05) is 26.7 Å². The van der Waals surface area contributed by atoms with Crippen LogP contribution in [0.5, 0.6) is 11.5 Å². The van der Waals surface area contributed by atoms with Gasteiger partial charge in [0.2, 0.25) is 11.8 Å². The van der Waals surface area contributed by atoms with Gasteiger partial charge in [0.25, 0.3) is 11.5 Å². The molecule has 39 heavy (non-hydrogen) atoms. The Morgan fingerprint density at radius 1 is 1.08 bits per heavy atom. The number of benzene rings is 2. The number of nitrogens with zero attached hydrogens (tertiary/aromatic N) is 2. The predicted octanol–water partition coefficient (Wildman–Crippen LogP) is 2.00. The highest BCUT2D eigenvalue weighted by Gasteiger charge is 2.37. The number of fused-ring (bicyclic) bond motifs is 5. The maximum Gasteiger partial charge on any atom is 0.280 e. The van der Waals surface area contributed by atoms with Crippen molar-refractivity contribution in [1.82, 2.24) is 20.3 Å². The molecule has 11 nitrogen and oxygen atoms in total. The second-order valence-electron chi connectivity index (χ2n) is 9.89. The Morgan fingerprint density at radius 3 is 2.72 bits per heavy atom. The molecule has 0 spiro atoms. The van der Waals surface area contributed by atoms with Crippen molar-refractivity contribution >= 4 is 17.7 Å². The maximum atomic E-state index is 13.1. The van der Waals surface area contributed by atoms with Gasteiger partial charge in [-0.1, -0.05) is 18.2 Å². The molecule has 3 aromatic rings. The zero-order valence-corrected chi connectivity index (χ0v) is 21.8. The van der Waals surface area contributed by atoms with Gasteiger partial charge >= 0.3 is 0 Å². The van der Waals surface area contributed by atoms with Crippen LogP contribution in [-0.4, -0.2) is 71.5 Å². The van der Waals surface area contributed by atoms with Gasteiger partial charge in [0, 0.05) is 44.6 Å². The number of hydrogen-bond donors (Lipinski definition) is 2. The van der Waals surface area contributed by atoms with Crippen LogP contribution in [0.1, 0.15) is 33.7 Å². The third kappa shape index (κ3) is 6.20. The van der Waals surface area contributed by atoms with Gasteiger partial charge in [-0.15, -0.1) is 0 Å². The highest BCUT2D eigenvalue weighted by molar-refractivity contribution is 5.96. The van der Waals surface area contributed by atoms with Crippen molar-refractivity contribution < 1.29 is 28.4 Å². The number of aryl methyl sites for hydroxylation is 2. The van der Waals surface area contributed by atoms with E-state index < -0.39 is 12.1 Å². The Kier molecular flexibility index (Phi) is 7.51. The molecule has 3 heterocycles. The fraction of sp³-hybridized carbons (Fsp3) is 0.357. The summed E-state index contributed by atoms with van der Waals surface area (Å²) in [6.45, 7) is 2.53. The lowest BCUT2D eigenvalue weighted by Gasteiger charge is -2.23. The van der Waals surface area contributed by atoms with E-state index >= 15 is 0 Å². The summed E-state index contributed by atoms with van der Waals surface area (Å²) in [6.07, 6.45) is -0.0456. The largest absolute Gasteiger partial charge is 0.457 e. The lowest BCUT2D eigenvalue weighted by molar-refractivity contribution is -0.131. The molecule has 1 aromatic heterocycles. The molecule has 204 valence electrons. The van der Waals surface area contributed by atoms with Gasteiger partial charge in [0.15, 0.2) is 0 Å². The number of ether oxygens (including phenoxy) is 2. The van der Waals surface area contributed by atoms with Gasteiger partial charge in [-0.25, -0.2) is 0 Å². The molecule has 2 atom stereocenters. The number of aromatic nitrogens is 1. The van der Waals surface area contributed by atoms with Crippen molar-refractivity contribution in [2.24, 2.45) is 0 Å². The second-order valence-corrected chi connectivity index (χ2v) is 9.89. The van der Waals surface area contributed by atoms with Crippen molar-refractivity contribution in [3.05, 3.63) is 81.3 Å². The van der Waals surface area contributed by atoms with Gasteiger partial charge in [-0.2, -0.15) is 5.16 Å². The summed E-state index contributed by atoms with van der Waals surface area (Å²) in [5.74, 6) is 0.737. The van der Waals surface area contributed by atoms with E-state index in [4.69, 9.17) is 14.0 Å². The van der Waals surface area contributed by atoms with Crippen LogP contribution < -0.4 is 15.6 Å². The van der Waals surface area contributed by atoms with Crippen molar-refractivity contribution in [1.29, 1.82) is 0 Å². The monoisotopic (exact) mass is 534 g/mol. The number of hydrogen-bond acceptors (Lipinski definition) is 7. The summed E-state index contributed by atoms with van der Waals surface area (Å²) < 4.78 is 17.4. The molecule has 2 aliphatic heterocycles. The minimum atomic E-state index is -0.464. The van der Waals surface area contributed by atoms with Crippen molar-refractivity contribution in [3.8, 4) is 11.5 Å². The molecular weight excluding hydrogens is 504 g/mol. The van der Waals surface area contributed by atoms with Crippen LogP contribution in [0.25, 0.3) is 0 Å². The Labute approximate surface area is 224 Å². The van der Waals surface area contributed by atoms with Crippen LogP contribution >= 0.6 is 0 Å². The van der Waals surface area contributed by atoms with Crippen LogP contribution in [0.3, 0.4) is 0 Å². The van der Waals surface area contributed by atoms with Crippen LogP contribution in [0.15, 0.2) is 57.8 Å². The van der Waals surface area contributed by atoms with E-state index in [0.717, 1.165) is 11.1 Å². The van der Waals surface area contributed by atoms with E-state index in [-0.39, 0.29) is 62.4 Å². The summed E-state index contributed by atoms with van der Waals surface area (Å²) in [5, 5.41) is 5.17. The molecule has 0 aliphatic carbocycles. The van der Waals surface area contributed by atoms with Crippen LogP contribution in [0, 0.1) is 6.92 Å². The number of carbonyl (C=O) groups excluding carboxylic acids is 3. The molecule has 0 radical (unpaired) electrons. The Hall–Kier alpha value is -4.38. The molecule has 2 aliphatic rings. The van der Waals surface area contributed by atoms with Gasteiger partial charge < -0.3 is 29.1 Å². The number of likely N-dealkylation sites (tertiary alicyclic amines) is 1. The minimum Gasteiger partial charge on any atom is -0.457 e. The van der Waals surface area contributed by atoms with Gasteiger partial charge in [0.05, 0.1) is 25.3 Å². The standard InChI is InChI=1S/C28H30N4O7/c1-17-6-7-19-11-23(17)38-20-5-3-4-18(10-20)16-37-24-14-32(27(35)9-8-21-12-25(33)30-39-21)13-22(24)29-26(34)15-31(2)28(19)36/h3-7,10-12,22,24H,8-9,13-16H2,1-2H3,(H,29,34)(H,30,33)/t22-,24-/m0/s1. The lowest BCUT2D eigenvalue weighted by atomic mass is 10.1. The summed E-state index contributed by atoms with van der Waals surface area (Å²) in [5.41, 5.74) is 1.78. The average Bonchev–Trinajstić information content (AvgIpc) is 3.52. The normalized spacial score (nSPS) is 19.8. The number of rotatable bonds is 3. The molecule has 1 fully saturated rings. The zero-order chi connectivity index (χ0) is 27.5. The average molecular weight is 535 g/mol. The SMILES string of the molecule is Cc1ccc2cc1Oc1cccc(c1)CO[C@H]1CN(C(=O)CCc3cc(=O)[nH]o3)C[C@@H]1NC(=O)CN(C)C2=O. The van der Waals surface area contributed by atoms with Gasteiger partial charge in [-0.3, -0.25) is 19.2 Å². The first-order chi connectivity index (χ1) is 18.7. The third-order valence-electron chi connectivity index (χ3n) is 6.88. The molecule has 2 aromatic carbocycles. The van der Waals surface area contributed by atoms with E-state index in [1.807, 2.05) is 37.3 Å². The first-order valence-corrected chi connectivity index (χ1v) is 12.7. The molecule has 1 saturated heterocycles. The fourth-order valence-electron chi connectivity index (χ4n) is 4.75. The molecule has 11 heteroatoms. The molecule has 0 saturated carbocycles. The third-order valence-corrected chi connectivity index (χ3v) is 6.88. The topological polar surface area (TPSA) is 134 Å². The van der Waals surface area contributed by atoms with Crippen molar-refractivity contribution in [2.45, 2.75) is 38.5 Å². The van der Waals surface area contributed by atoms with Gasteiger partial charge in [0.1, 0.15) is 17.3 Å². The van der Waals surface area contributed by atoms with E-state index in [0.29, 0.717) is 22.8 Å². The van der Waals surface area contributed by atoms with E-state index in [1.54, 1.807) is 24.1 Å². The smallest absolute Gasteiger partial charge is 0.280 e. The van der Waals surface area contributed by atoms with E-state index in [1.165, 1.54) is 11.0 Å². The molecule has 2 N–H and O–H groups in total. The summed E-state index contributed by atoms with van der Waals surface area (Å²) in [6, 6.07) is 13.5. The number of H-pyrrole nitrogens is 1. The molecule has 5 rings (SSSR count). The quantitative estimate of drug-likeness (QED) is 0.525. The first kappa shape index (κ1) is 26.2. The Balaban J connectivity index is 1.36. The second kappa shape index (κ2) is 11.2. The number of nitrogens with one attached hydrogen (secondary N) is 2. The van der Waals surface area contributed by atoms with Gasteiger partial charge in [-0.05, 0) is 42.3 Å². The number of likely N-dealkylation sites (N-methyl/N-ethyl adjacent to an activating group) is 1. The Morgan fingerprint density at radius 2 is 1.92 bits per heavy atom. The predicted molar refractivity (Wildman–Crippen MR) is 139 cm³/mol.